The summed E-state index contributed by atoms with van der Waals surface area (Å²) in [5.41, 5.74) is 2.53. The fraction of sp³-hybridized carbons (Fsp3) is 0.455. The van der Waals surface area contributed by atoms with Crippen molar-refractivity contribution in [3.05, 3.63) is 59.7 Å². The Balaban J connectivity index is 1.73. The third-order valence-corrected chi connectivity index (χ3v) is 8.14. The highest BCUT2D eigenvalue weighted by Crippen LogP contribution is 2.51. The summed E-state index contributed by atoms with van der Waals surface area (Å²) >= 11 is 0. The van der Waals surface area contributed by atoms with Gasteiger partial charge in [0, 0.05) is 17.4 Å². The lowest BCUT2D eigenvalue weighted by Gasteiger charge is -2.26. The molecule has 1 aliphatic heterocycles. The van der Waals surface area contributed by atoms with Gasteiger partial charge < -0.3 is 5.11 Å². The lowest BCUT2D eigenvalue weighted by Crippen LogP contribution is -2.35. The smallest absolute Gasteiger partial charge is 0.264 e. The molecule has 2 aliphatic rings. The molecular formula is C22H27NO3S. The third-order valence-electron chi connectivity index (χ3n) is 6.37. The Hall–Kier alpha value is -1.85. The lowest BCUT2D eigenvalue weighted by molar-refractivity contribution is 0.218. The number of para-hydroxylation sites is 1. The number of rotatable bonds is 4. The van der Waals surface area contributed by atoms with E-state index in [2.05, 4.69) is 6.07 Å². The second-order valence-electron chi connectivity index (χ2n) is 8.58. The number of fused-ring (bicyclic) bond motifs is 2. The highest BCUT2D eigenvalue weighted by Gasteiger charge is 2.47. The van der Waals surface area contributed by atoms with Crippen LogP contribution in [0.1, 0.15) is 50.7 Å². The molecule has 2 aromatic rings. The molecule has 4 nitrogen and oxygen atoms in total. The molecule has 1 spiro atoms. The summed E-state index contributed by atoms with van der Waals surface area (Å²) in [7, 11) is -3.61. The van der Waals surface area contributed by atoms with Crippen molar-refractivity contribution in [2.24, 2.45) is 0 Å². The minimum absolute atomic E-state index is 0.0150. The highest BCUT2D eigenvalue weighted by atomic mass is 32.2. The van der Waals surface area contributed by atoms with Crippen molar-refractivity contribution in [2.45, 2.75) is 55.3 Å². The molecule has 1 aliphatic carbocycles. The van der Waals surface area contributed by atoms with E-state index in [0.29, 0.717) is 11.4 Å². The Kier molecular flexibility index (Phi) is 4.35. The van der Waals surface area contributed by atoms with E-state index in [1.54, 1.807) is 16.4 Å². The van der Waals surface area contributed by atoms with Gasteiger partial charge in [-0.3, -0.25) is 4.31 Å². The Morgan fingerprint density at radius 3 is 2.30 bits per heavy atom. The zero-order valence-corrected chi connectivity index (χ0v) is 16.8. The average molecular weight is 386 g/mol. The van der Waals surface area contributed by atoms with Crippen LogP contribution < -0.4 is 4.31 Å². The van der Waals surface area contributed by atoms with Crippen LogP contribution in [-0.2, 0) is 20.9 Å². The Morgan fingerprint density at radius 2 is 1.67 bits per heavy atom. The number of anilines is 1. The van der Waals surface area contributed by atoms with Gasteiger partial charge in [-0.2, -0.15) is 0 Å². The SMILES string of the molecule is CC(C)(CO)c1ccc(S(=O)(=O)N2CC3(CCCC3)c3ccccc32)cc1. The van der Waals surface area contributed by atoms with Gasteiger partial charge in [-0.1, -0.05) is 57.0 Å². The highest BCUT2D eigenvalue weighted by molar-refractivity contribution is 7.92. The van der Waals surface area contributed by atoms with E-state index in [1.807, 2.05) is 44.2 Å². The molecule has 144 valence electrons. The quantitative estimate of drug-likeness (QED) is 0.866. The van der Waals surface area contributed by atoms with Crippen LogP contribution >= 0.6 is 0 Å². The summed E-state index contributed by atoms with van der Waals surface area (Å²) in [6, 6.07) is 14.9. The van der Waals surface area contributed by atoms with Gasteiger partial charge in [0.2, 0.25) is 0 Å². The van der Waals surface area contributed by atoms with Crippen LogP contribution in [0.5, 0.6) is 0 Å². The Bertz CT molecular complexity index is 942. The number of aliphatic hydroxyl groups is 1. The van der Waals surface area contributed by atoms with Crippen molar-refractivity contribution >= 4 is 15.7 Å². The number of sulfonamides is 1. The van der Waals surface area contributed by atoms with Gasteiger partial charge >= 0.3 is 0 Å². The maximum atomic E-state index is 13.4. The predicted octanol–water partition coefficient (Wildman–Crippen LogP) is 3.98. The van der Waals surface area contributed by atoms with E-state index >= 15 is 0 Å². The van der Waals surface area contributed by atoms with E-state index in [9.17, 15) is 13.5 Å². The van der Waals surface area contributed by atoms with E-state index in [-0.39, 0.29) is 12.0 Å². The molecule has 1 heterocycles. The van der Waals surface area contributed by atoms with Crippen LogP contribution in [0, 0.1) is 0 Å². The predicted molar refractivity (Wildman–Crippen MR) is 108 cm³/mol. The number of hydrogen-bond acceptors (Lipinski definition) is 3. The molecule has 0 aromatic heterocycles. The molecule has 0 radical (unpaired) electrons. The van der Waals surface area contributed by atoms with E-state index in [4.69, 9.17) is 0 Å². The van der Waals surface area contributed by atoms with Crippen molar-refractivity contribution in [3.63, 3.8) is 0 Å². The second-order valence-corrected chi connectivity index (χ2v) is 10.4. The van der Waals surface area contributed by atoms with Crippen LogP contribution in [0.3, 0.4) is 0 Å². The fourth-order valence-corrected chi connectivity index (χ4v) is 6.14. The molecule has 1 saturated carbocycles. The minimum atomic E-state index is -3.61. The standard InChI is InChI=1S/C22H27NO3S/c1-21(2,16-24)17-9-11-18(12-10-17)27(25,26)23-15-22(13-5-6-14-22)19-7-3-4-8-20(19)23/h3-4,7-12,24H,5-6,13-16H2,1-2H3. The minimum Gasteiger partial charge on any atom is -0.395 e. The van der Waals surface area contributed by atoms with Gasteiger partial charge in [-0.25, -0.2) is 8.42 Å². The summed E-state index contributed by atoms with van der Waals surface area (Å²) in [5.74, 6) is 0. The van der Waals surface area contributed by atoms with Gasteiger partial charge in [0.1, 0.15) is 0 Å². The molecule has 1 fully saturated rings. The van der Waals surface area contributed by atoms with Crippen molar-refractivity contribution in [1.29, 1.82) is 0 Å². The van der Waals surface area contributed by atoms with E-state index in [0.717, 1.165) is 36.9 Å². The monoisotopic (exact) mass is 385 g/mol. The van der Waals surface area contributed by atoms with Crippen LogP contribution in [-0.4, -0.2) is 26.7 Å². The first-order chi connectivity index (χ1) is 12.8. The fourth-order valence-electron chi connectivity index (χ4n) is 4.58. The summed E-state index contributed by atoms with van der Waals surface area (Å²) in [4.78, 5) is 0.310. The first kappa shape index (κ1) is 18.5. The summed E-state index contributed by atoms with van der Waals surface area (Å²) < 4.78 is 28.5. The van der Waals surface area contributed by atoms with Crippen molar-refractivity contribution < 1.29 is 13.5 Å². The molecule has 5 heteroatoms. The van der Waals surface area contributed by atoms with Gasteiger partial charge in [0.25, 0.3) is 10.0 Å². The Labute approximate surface area is 161 Å². The first-order valence-electron chi connectivity index (χ1n) is 9.64. The maximum Gasteiger partial charge on any atom is 0.264 e. The molecule has 4 rings (SSSR count). The molecule has 0 bridgehead atoms. The van der Waals surface area contributed by atoms with Crippen molar-refractivity contribution in [3.8, 4) is 0 Å². The van der Waals surface area contributed by atoms with Gasteiger partial charge in [-0.05, 0) is 42.2 Å². The number of hydrogen-bond donors (Lipinski definition) is 1. The second kappa shape index (κ2) is 6.35. The molecule has 0 saturated heterocycles. The maximum absolute atomic E-state index is 13.4. The Morgan fingerprint density at radius 1 is 1.04 bits per heavy atom. The van der Waals surface area contributed by atoms with Crippen molar-refractivity contribution in [2.75, 3.05) is 17.5 Å². The van der Waals surface area contributed by atoms with Crippen LogP contribution in [0.2, 0.25) is 0 Å². The zero-order chi connectivity index (χ0) is 19.3. The van der Waals surface area contributed by atoms with Crippen molar-refractivity contribution in [1.82, 2.24) is 0 Å². The number of benzene rings is 2. The summed E-state index contributed by atoms with van der Waals surface area (Å²) in [5, 5.41) is 9.55. The van der Waals surface area contributed by atoms with E-state index < -0.39 is 15.4 Å². The number of nitrogens with zero attached hydrogens (tertiary/aromatic N) is 1. The third kappa shape index (κ3) is 2.88. The van der Waals surface area contributed by atoms with E-state index in [1.165, 1.54) is 5.56 Å². The molecule has 27 heavy (non-hydrogen) atoms. The zero-order valence-electron chi connectivity index (χ0n) is 16.0. The summed E-state index contributed by atoms with van der Waals surface area (Å²) in [6.45, 7) is 4.44. The molecule has 0 amide bonds. The average Bonchev–Trinajstić information content (AvgIpc) is 3.28. The molecule has 2 aromatic carbocycles. The normalized spacial score (nSPS) is 18.9. The largest absolute Gasteiger partial charge is 0.395 e. The lowest BCUT2D eigenvalue weighted by atomic mass is 9.81. The van der Waals surface area contributed by atoms with Crippen LogP contribution in [0.25, 0.3) is 0 Å². The first-order valence-corrected chi connectivity index (χ1v) is 11.1. The van der Waals surface area contributed by atoms with Crippen LogP contribution in [0.4, 0.5) is 5.69 Å². The molecule has 0 atom stereocenters. The van der Waals surface area contributed by atoms with Crippen LogP contribution in [0.15, 0.2) is 53.4 Å². The van der Waals surface area contributed by atoms with Gasteiger partial charge in [0.05, 0.1) is 17.2 Å². The van der Waals surface area contributed by atoms with Gasteiger partial charge in [-0.15, -0.1) is 0 Å². The summed E-state index contributed by atoms with van der Waals surface area (Å²) in [6.07, 6.45) is 4.43. The topological polar surface area (TPSA) is 57.6 Å². The molecule has 1 N–H and O–H groups in total. The molecule has 0 unspecified atom stereocenters. The molecular weight excluding hydrogens is 358 g/mol. The number of aliphatic hydroxyl groups excluding tert-OH is 1. The van der Waals surface area contributed by atoms with Gasteiger partial charge in [0.15, 0.2) is 0 Å².